The molecular formula is C27H32N6O2S. The van der Waals surface area contributed by atoms with Crippen LogP contribution < -0.4 is 10.1 Å². The fraction of sp³-hybridized carbons (Fsp3) is 0.407. The predicted molar refractivity (Wildman–Crippen MR) is 144 cm³/mol. The number of hydrogen-bond donors (Lipinski definition) is 2. The molecule has 5 rings (SSSR count). The van der Waals surface area contributed by atoms with E-state index in [1.807, 2.05) is 32.4 Å². The average Bonchev–Trinajstić information content (AvgIpc) is 3.27. The number of aliphatic hydroxyl groups is 1. The summed E-state index contributed by atoms with van der Waals surface area (Å²) in [6.45, 7) is 1.48. The minimum atomic E-state index is -0.170. The number of nitrogens with one attached hydrogen (secondary N) is 1. The molecule has 4 aromatic rings. The molecule has 9 heteroatoms. The monoisotopic (exact) mass is 504 g/mol. The van der Waals surface area contributed by atoms with Gasteiger partial charge in [-0.05, 0) is 69.6 Å². The van der Waals surface area contributed by atoms with E-state index in [1.165, 1.54) is 0 Å². The fourth-order valence-electron chi connectivity index (χ4n) is 4.35. The van der Waals surface area contributed by atoms with Crippen LogP contribution in [0.5, 0.6) is 5.75 Å². The maximum absolute atomic E-state index is 9.73. The number of benzene rings is 1. The van der Waals surface area contributed by atoms with Gasteiger partial charge in [0.15, 0.2) is 0 Å². The van der Waals surface area contributed by atoms with Crippen molar-refractivity contribution in [2.24, 2.45) is 0 Å². The van der Waals surface area contributed by atoms with Gasteiger partial charge in [0.1, 0.15) is 12.4 Å². The van der Waals surface area contributed by atoms with Gasteiger partial charge in [0, 0.05) is 37.0 Å². The van der Waals surface area contributed by atoms with E-state index in [-0.39, 0.29) is 6.10 Å². The molecule has 0 aliphatic heterocycles. The van der Waals surface area contributed by atoms with Crippen LogP contribution in [0.25, 0.3) is 21.3 Å². The zero-order chi connectivity index (χ0) is 24.9. The van der Waals surface area contributed by atoms with Crippen LogP contribution in [-0.2, 0) is 6.42 Å². The number of rotatable bonds is 9. The lowest BCUT2D eigenvalue weighted by Gasteiger charge is -2.26. The average molecular weight is 505 g/mol. The van der Waals surface area contributed by atoms with Crippen LogP contribution in [0.1, 0.15) is 36.4 Å². The van der Waals surface area contributed by atoms with Crippen LogP contribution in [0.2, 0.25) is 0 Å². The van der Waals surface area contributed by atoms with E-state index < -0.39 is 0 Å². The Balaban J connectivity index is 1.27. The number of fused-ring (bicyclic) bond motifs is 1. The second-order valence-electron chi connectivity index (χ2n) is 9.55. The summed E-state index contributed by atoms with van der Waals surface area (Å²) in [7, 11) is 4.06. The lowest BCUT2D eigenvalue weighted by atomic mass is 9.93. The molecule has 0 spiro atoms. The van der Waals surface area contributed by atoms with Crippen LogP contribution in [0.4, 0.5) is 5.95 Å². The van der Waals surface area contributed by atoms with Crippen LogP contribution in [0, 0.1) is 0 Å². The van der Waals surface area contributed by atoms with Gasteiger partial charge in [0.2, 0.25) is 5.95 Å². The van der Waals surface area contributed by atoms with Crippen molar-refractivity contribution in [3.05, 3.63) is 59.6 Å². The number of anilines is 1. The Hall–Kier alpha value is -3.14. The standard InChI is InChI=1S/C27H32N6O2S/c1-33(2)11-12-35-23-13-19(16-28-17-23)18-3-8-24-25(14-18)36-26(32-24)15-21-9-10-29-27(31-21)30-20-4-6-22(34)7-5-20/h3,8-10,13-14,16-17,20,22,34H,4-7,11-12,15H2,1-2H3,(H,29,30,31). The number of aliphatic hydroxyl groups excluding tert-OH is 1. The molecule has 3 aromatic heterocycles. The molecule has 8 nitrogen and oxygen atoms in total. The summed E-state index contributed by atoms with van der Waals surface area (Å²) in [6, 6.07) is 10.6. The quantitative estimate of drug-likeness (QED) is 0.346. The van der Waals surface area contributed by atoms with E-state index in [4.69, 9.17) is 14.7 Å². The number of likely N-dealkylation sites (N-methyl/N-ethyl adjacent to an activating group) is 1. The molecule has 0 amide bonds. The van der Waals surface area contributed by atoms with Gasteiger partial charge in [-0.3, -0.25) is 4.98 Å². The topological polar surface area (TPSA) is 96.3 Å². The zero-order valence-corrected chi connectivity index (χ0v) is 21.5. The molecule has 0 unspecified atom stereocenters. The van der Waals surface area contributed by atoms with Gasteiger partial charge in [-0.15, -0.1) is 11.3 Å². The zero-order valence-electron chi connectivity index (χ0n) is 20.7. The van der Waals surface area contributed by atoms with Gasteiger partial charge < -0.3 is 20.1 Å². The minimum absolute atomic E-state index is 0.170. The van der Waals surface area contributed by atoms with Crippen molar-refractivity contribution < 1.29 is 9.84 Å². The maximum Gasteiger partial charge on any atom is 0.223 e. The first-order valence-electron chi connectivity index (χ1n) is 12.4. The summed E-state index contributed by atoms with van der Waals surface area (Å²) in [5.41, 5.74) is 4.04. The van der Waals surface area contributed by atoms with Gasteiger partial charge in [-0.25, -0.2) is 15.0 Å². The van der Waals surface area contributed by atoms with Crippen LogP contribution in [0.3, 0.4) is 0 Å². The Kier molecular flexibility index (Phi) is 7.69. The Labute approximate surface area is 215 Å². The smallest absolute Gasteiger partial charge is 0.223 e. The van der Waals surface area contributed by atoms with E-state index in [0.29, 0.717) is 25.0 Å². The van der Waals surface area contributed by atoms with Crippen molar-refractivity contribution in [2.75, 3.05) is 32.6 Å². The van der Waals surface area contributed by atoms with E-state index in [9.17, 15) is 5.11 Å². The number of ether oxygens (including phenoxy) is 1. The summed E-state index contributed by atoms with van der Waals surface area (Å²) in [5, 5.41) is 14.2. The molecule has 0 radical (unpaired) electrons. The maximum atomic E-state index is 9.73. The first-order valence-corrected chi connectivity index (χ1v) is 13.2. The van der Waals surface area contributed by atoms with E-state index >= 15 is 0 Å². The van der Waals surface area contributed by atoms with Crippen molar-refractivity contribution in [2.45, 2.75) is 44.2 Å². The first-order chi connectivity index (χ1) is 17.5. The molecule has 1 aromatic carbocycles. The molecule has 0 atom stereocenters. The van der Waals surface area contributed by atoms with Gasteiger partial charge >= 0.3 is 0 Å². The normalized spacial score (nSPS) is 18.0. The van der Waals surface area contributed by atoms with E-state index in [2.05, 4.69) is 38.4 Å². The van der Waals surface area contributed by atoms with Gasteiger partial charge in [0.25, 0.3) is 0 Å². The third-order valence-electron chi connectivity index (χ3n) is 6.36. The summed E-state index contributed by atoms with van der Waals surface area (Å²) in [4.78, 5) is 20.4. The second-order valence-corrected chi connectivity index (χ2v) is 10.7. The largest absolute Gasteiger partial charge is 0.491 e. The first kappa shape index (κ1) is 24.5. The van der Waals surface area contributed by atoms with E-state index in [1.54, 1.807) is 23.7 Å². The number of pyridine rings is 1. The van der Waals surface area contributed by atoms with Gasteiger partial charge in [-0.1, -0.05) is 6.07 Å². The molecule has 188 valence electrons. The number of hydrogen-bond acceptors (Lipinski definition) is 9. The number of nitrogens with zero attached hydrogens (tertiary/aromatic N) is 5. The molecule has 1 aliphatic carbocycles. The molecule has 0 saturated heterocycles. The van der Waals surface area contributed by atoms with Crippen molar-refractivity contribution in [3.8, 4) is 16.9 Å². The SMILES string of the molecule is CN(C)CCOc1cncc(-c2ccc3nc(Cc4ccnc(NC5CCC(O)CC5)n4)sc3c2)c1. The molecule has 1 saturated carbocycles. The Morgan fingerprint density at radius 2 is 1.92 bits per heavy atom. The van der Waals surface area contributed by atoms with Gasteiger partial charge in [0.05, 0.1) is 33.2 Å². The highest BCUT2D eigenvalue weighted by Gasteiger charge is 2.20. The molecule has 0 bridgehead atoms. The predicted octanol–water partition coefficient (Wildman–Crippen LogP) is 4.39. The van der Waals surface area contributed by atoms with Crippen LogP contribution in [0.15, 0.2) is 48.9 Å². The van der Waals surface area contributed by atoms with Crippen molar-refractivity contribution >= 4 is 27.5 Å². The van der Waals surface area contributed by atoms with Crippen LogP contribution >= 0.6 is 11.3 Å². The van der Waals surface area contributed by atoms with Crippen LogP contribution in [-0.4, -0.2) is 69.3 Å². The molecule has 2 N–H and O–H groups in total. The number of aromatic nitrogens is 4. The third kappa shape index (κ3) is 6.34. The molecule has 1 fully saturated rings. The van der Waals surface area contributed by atoms with Crippen molar-refractivity contribution in [1.82, 2.24) is 24.8 Å². The van der Waals surface area contributed by atoms with Crippen molar-refractivity contribution in [1.29, 1.82) is 0 Å². The van der Waals surface area contributed by atoms with Gasteiger partial charge in [-0.2, -0.15) is 0 Å². The lowest BCUT2D eigenvalue weighted by Crippen LogP contribution is -2.29. The fourth-order valence-corrected chi connectivity index (χ4v) is 5.37. The third-order valence-corrected chi connectivity index (χ3v) is 7.38. The molecule has 3 heterocycles. The second kappa shape index (κ2) is 11.3. The Morgan fingerprint density at radius 3 is 2.75 bits per heavy atom. The molecule has 1 aliphatic rings. The Morgan fingerprint density at radius 1 is 1.06 bits per heavy atom. The summed E-state index contributed by atoms with van der Waals surface area (Å²) in [5.74, 6) is 1.43. The molecular weight excluding hydrogens is 472 g/mol. The Bertz CT molecular complexity index is 1300. The highest BCUT2D eigenvalue weighted by molar-refractivity contribution is 7.18. The number of thiazole rings is 1. The van der Waals surface area contributed by atoms with E-state index in [0.717, 1.165) is 70.0 Å². The minimum Gasteiger partial charge on any atom is -0.491 e. The van der Waals surface area contributed by atoms with Crippen molar-refractivity contribution in [3.63, 3.8) is 0 Å². The highest BCUT2D eigenvalue weighted by Crippen LogP contribution is 2.30. The lowest BCUT2D eigenvalue weighted by molar-refractivity contribution is 0.126. The highest BCUT2D eigenvalue weighted by atomic mass is 32.1. The summed E-state index contributed by atoms with van der Waals surface area (Å²) < 4.78 is 6.99. The summed E-state index contributed by atoms with van der Waals surface area (Å²) in [6.07, 6.45) is 9.45. The summed E-state index contributed by atoms with van der Waals surface area (Å²) >= 11 is 1.69. The molecule has 36 heavy (non-hydrogen) atoms.